The van der Waals surface area contributed by atoms with Gasteiger partial charge in [-0.2, -0.15) is 0 Å². The Balaban J connectivity index is 2.76. The minimum Gasteiger partial charge on any atom is -0.468 e. The van der Waals surface area contributed by atoms with Gasteiger partial charge in [0.05, 0.1) is 7.11 Å². The van der Waals surface area contributed by atoms with Crippen molar-refractivity contribution in [3.63, 3.8) is 0 Å². The summed E-state index contributed by atoms with van der Waals surface area (Å²) in [6, 6.07) is 8.51. The second kappa shape index (κ2) is 8.83. The van der Waals surface area contributed by atoms with Gasteiger partial charge in [-0.1, -0.05) is 57.9 Å². The molecule has 0 fully saturated rings. The lowest BCUT2D eigenvalue weighted by atomic mass is 9.96. The largest absolute Gasteiger partial charge is 0.468 e. The number of methoxy groups -OCH3 is 1. The highest BCUT2D eigenvalue weighted by molar-refractivity contribution is 5.76. The van der Waals surface area contributed by atoms with Gasteiger partial charge in [0.1, 0.15) is 6.04 Å². The van der Waals surface area contributed by atoms with Gasteiger partial charge < -0.3 is 4.74 Å². The van der Waals surface area contributed by atoms with Crippen LogP contribution in [0.4, 0.5) is 0 Å². The Morgan fingerprint density at radius 3 is 2.29 bits per heavy atom. The number of rotatable bonds is 8. The van der Waals surface area contributed by atoms with Gasteiger partial charge in [0, 0.05) is 6.04 Å². The molecule has 1 rings (SSSR count). The molecule has 0 aliphatic heterocycles. The molecule has 0 bridgehead atoms. The highest BCUT2D eigenvalue weighted by Crippen LogP contribution is 2.18. The summed E-state index contributed by atoms with van der Waals surface area (Å²) in [5, 5.41) is 3.41. The van der Waals surface area contributed by atoms with Crippen molar-refractivity contribution in [1.82, 2.24) is 5.32 Å². The number of benzene rings is 1. The second-order valence-corrected chi connectivity index (χ2v) is 5.77. The van der Waals surface area contributed by atoms with E-state index in [1.165, 1.54) is 18.2 Å². The van der Waals surface area contributed by atoms with Crippen LogP contribution in [0.3, 0.4) is 0 Å². The summed E-state index contributed by atoms with van der Waals surface area (Å²) in [5.74, 6) is 0.0677. The fourth-order valence-electron chi connectivity index (χ4n) is 2.45. The zero-order chi connectivity index (χ0) is 15.8. The standard InChI is InChI=1S/C18H29NO2/c1-6-8-15-9-11-16(12-10-15)14(4)19-17(13(3)7-2)18(20)21-5/h9-14,17,19H,6-8H2,1-5H3. The van der Waals surface area contributed by atoms with Crippen molar-refractivity contribution in [3.05, 3.63) is 35.4 Å². The lowest BCUT2D eigenvalue weighted by Gasteiger charge is -2.26. The van der Waals surface area contributed by atoms with Crippen LogP contribution in [0.15, 0.2) is 24.3 Å². The third-order valence-electron chi connectivity index (χ3n) is 4.12. The Morgan fingerprint density at radius 2 is 1.81 bits per heavy atom. The Hall–Kier alpha value is -1.35. The van der Waals surface area contributed by atoms with Crippen LogP contribution >= 0.6 is 0 Å². The number of esters is 1. The fourth-order valence-corrected chi connectivity index (χ4v) is 2.45. The molecule has 3 atom stereocenters. The Bertz CT molecular complexity index is 427. The van der Waals surface area contributed by atoms with E-state index in [1.807, 2.05) is 0 Å². The molecular formula is C18H29NO2. The predicted molar refractivity (Wildman–Crippen MR) is 87.2 cm³/mol. The zero-order valence-corrected chi connectivity index (χ0v) is 14.0. The minimum atomic E-state index is -0.259. The maximum atomic E-state index is 11.9. The monoisotopic (exact) mass is 291 g/mol. The second-order valence-electron chi connectivity index (χ2n) is 5.77. The minimum absolute atomic E-state index is 0.124. The van der Waals surface area contributed by atoms with Gasteiger partial charge in [0.15, 0.2) is 0 Å². The first-order chi connectivity index (χ1) is 10.0. The molecule has 0 aliphatic carbocycles. The molecule has 3 unspecified atom stereocenters. The molecule has 0 radical (unpaired) electrons. The van der Waals surface area contributed by atoms with Crippen molar-refractivity contribution >= 4 is 5.97 Å². The molecule has 0 aliphatic rings. The van der Waals surface area contributed by atoms with Gasteiger partial charge in [-0.15, -0.1) is 0 Å². The summed E-state index contributed by atoms with van der Waals surface area (Å²) in [6.07, 6.45) is 3.21. The first-order valence-corrected chi connectivity index (χ1v) is 7.96. The first-order valence-electron chi connectivity index (χ1n) is 7.96. The van der Waals surface area contributed by atoms with E-state index >= 15 is 0 Å². The number of carbonyl (C=O) groups is 1. The highest BCUT2D eigenvalue weighted by atomic mass is 16.5. The summed E-state index contributed by atoms with van der Waals surface area (Å²) >= 11 is 0. The van der Waals surface area contributed by atoms with E-state index in [9.17, 15) is 4.79 Å². The molecule has 21 heavy (non-hydrogen) atoms. The molecule has 0 aromatic heterocycles. The van der Waals surface area contributed by atoms with E-state index in [1.54, 1.807) is 0 Å². The van der Waals surface area contributed by atoms with E-state index in [0.717, 1.165) is 19.3 Å². The summed E-state index contributed by atoms with van der Waals surface area (Å²) < 4.78 is 4.92. The molecule has 3 nitrogen and oxygen atoms in total. The number of ether oxygens (including phenoxy) is 1. The topological polar surface area (TPSA) is 38.3 Å². The third kappa shape index (κ3) is 5.16. The van der Waals surface area contributed by atoms with Crippen LogP contribution < -0.4 is 5.32 Å². The summed E-state index contributed by atoms with van der Waals surface area (Å²) in [7, 11) is 1.45. The molecule has 118 valence electrons. The fraction of sp³-hybridized carbons (Fsp3) is 0.611. The molecular weight excluding hydrogens is 262 g/mol. The molecule has 1 aromatic rings. The van der Waals surface area contributed by atoms with E-state index in [2.05, 4.69) is 57.3 Å². The predicted octanol–water partition coefficient (Wildman–Crippen LogP) is 3.88. The summed E-state index contributed by atoms with van der Waals surface area (Å²) in [6.45, 7) is 8.44. The van der Waals surface area contributed by atoms with Crippen LogP contribution in [0.1, 0.15) is 57.7 Å². The van der Waals surface area contributed by atoms with Crippen molar-refractivity contribution in [3.8, 4) is 0 Å². The van der Waals surface area contributed by atoms with Gasteiger partial charge in [-0.3, -0.25) is 10.1 Å². The van der Waals surface area contributed by atoms with Gasteiger partial charge in [0.2, 0.25) is 0 Å². The smallest absolute Gasteiger partial charge is 0.323 e. The van der Waals surface area contributed by atoms with Crippen LogP contribution in [-0.2, 0) is 16.0 Å². The SMILES string of the molecule is CCCc1ccc(C(C)NC(C(=O)OC)C(C)CC)cc1. The lowest BCUT2D eigenvalue weighted by Crippen LogP contribution is -2.43. The van der Waals surface area contributed by atoms with Crippen molar-refractivity contribution in [2.24, 2.45) is 5.92 Å². The Morgan fingerprint density at radius 1 is 1.19 bits per heavy atom. The maximum Gasteiger partial charge on any atom is 0.323 e. The number of nitrogens with one attached hydrogen (secondary N) is 1. The number of aryl methyl sites for hydroxylation is 1. The van der Waals surface area contributed by atoms with Crippen molar-refractivity contribution < 1.29 is 9.53 Å². The van der Waals surface area contributed by atoms with Crippen molar-refractivity contribution in [1.29, 1.82) is 0 Å². The van der Waals surface area contributed by atoms with Gasteiger partial charge in [0.25, 0.3) is 0 Å². The molecule has 0 amide bonds. The average molecular weight is 291 g/mol. The van der Waals surface area contributed by atoms with Gasteiger partial charge >= 0.3 is 5.97 Å². The summed E-state index contributed by atoms with van der Waals surface area (Å²) in [5.41, 5.74) is 2.56. The van der Waals surface area contributed by atoms with Crippen LogP contribution in [0.2, 0.25) is 0 Å². The molecule has 3 heteroatoms. The number of carbonyl (C=O) groups excluding carboxylic acids is 1. The van der Waals surface area contributed by atoms with E-state index in [-0.39, 0.29) is 24.0 Å². The highest BCUT2D eigenvalue weighted by Gasteiger charge is 2.26. The van der Waals surface area contributed by atoms with E-state index in [4.69, 9.17) is 4.74 Å². The van der Waals surface area contributed by atoms with Crippen molar-refractivity contribution in [2.45, 2.75) is 59.0 Å². The first kappa shape index (κ1) is 17.7. The molecule has 0 spiro atoms. The number of hydrogen-bond donors (Lipinski definition) is 1. The molecule has 1 N–H and O–H groups in total. The van der Waals surface area contributed by atoms with E-state index < -0.39 is 0 Å². The van der Waals surface area contributed by atoms with Gasteiger partial charge in [-0.25, -0.2) is 0 Å². The molecule has 0 saturated heterocycles. The Kier molecular flexibility index (Phi) is 7.44. The maximum absolute atomic E-state index is 11.9. The summed E-state index contributed by atoms with van der Waals surface area (Å²) in [4.78, 5) is 11.9. The normalized spacial score (nSPS) is 15.3. The van der Waals surface area contributed by atoms with E-state index in [0.29, 0.717) is 0 Å². The third-order valence-corrected chi connectivity index (χ3v) is 4.12. The molecule has 1 aromatic carbocycles. The lowest BCUT2D eigenvalue weighted by molar-refractivity contribution is -0.144. The number of hydrogen-bond acceptors (Lipinski definition) is 3. The van der Waals surface area contributed by atoms with Gasteiger partial charge in [-0.05, 0) is 30.4 Å². The quantitative estimate of drug-likeness (QED) is 0.739. The van der Waals surface area contributed by atoms with Crippen LogP contribution in [0.5, 0.6) is 0 Å². The van der Waals surface area contributed by atoms with Crippen molar-refractivity contribution in [2.75, 3.05) is 7.11 Å². The Labute approximate surface area is 129 Å². The molecule has 0 saturated carbocycles. The van der Waals surface area contributed by atoms with Crippen LogP contribution in [-0.4, -0.2) is 19.1 Å². The van der Waals surface area contributed by atoms with Crippen LogP contribution in [0.25, 0.3) is 0 Å². The molecule has 0 heterocycles. The van der Waals surface area contributed by atoms with Crippen LogP contribution in [0, 0.1) is 5.92 Å². The average Bonchev–Trinajstić information content (AvgIpc) is 2.52. The zero-order valence-electron chi connectivity index (χ0n) is 14.0.